The lowest BCUT2D eigenvalue weighted by Gasteiger charge is -2.36. The third-order valence-electron chi connectivity index (χ3n) is 5.87. The van der Waals surface area contributed by atoms with Gasteiger partial charge in [0.25, 0.3) is 5.91 Å². The average molecular weight is 456 g/mol. The number of amides is 1. The molecule has 4 aromatic rings. The summed E-state index contributed by atoms with van der Waals surface area (Å²) in [5, 5.41) is 0. The maximum atomic E-state index is 13.3. The zero-order valence-corrected chi connectivity index (χ0v) is 17.7. The molecule has 0 spiro atoms. The number of hydrogen-bond acceptors (Lipinski definition) is 6. The fraction of sp³-hybridized carbons (Fsp3) is 0.273. The van der Waals surface area contributed by atoms with Crippen molar-refractivity contribution in [2.24, 2.45) is 0 Å². The van der Waals surface area contributed by atoms with Crippen molar-refractivity contribution in [3.8, 4) is 0 Å². The van der Waals surface area contributed by atoms with Crippen LogP contribution in [0.4, 0.5) is 19.0 Å². The van der Waals surface area contributed by atoms with E-state index in [0.717, 1.165) is 12.1 Å². The highest BCUT2D eigenvalue weighted by molar-refractivity contribution is 5.96. The lowest BCUT2D eigenvalue weighted by atomic mass is 9.90. The standard InChI is InChI=1S/C22H19F3N6O2/c1-11-9-33-21(13-4-3-12(5-14(11)13)22(23,24)25)30(2)20(32)15-6-17-16(7-28-15)29-19(26)18-8-27-10-31(17)18/h3-8,10-11,21H,9H2,1-2H3,(H2,26,29)/t11?,21-/m1/s1. The molecule has 4 heterocycles. The van der Waals surface area contributed by atoms with Gasteiger partial charge >= 0.3 is 6.18 Å². The molecule has 170 valence electrons. The number of alkyl halides is 3. The predicted molar refractivity (Wildman–Crippen MR) is 113 cm³/mol. The first-order valence-corrected chi connectivity index (χ1v) is 10.1. The van der Waals surface area contributed by atoms with Gasteiger partial charge in [-0.05, 0) is 23.8 Å². The monoisotopic (exact) mass is 456 g/mol. The molecular weight excluding hydrogens is 437 g/mol. The van der Waals surface area contributed by atoms with E-state index in [0.29, 0.717) is 27.7 Å². The molecule has 11 heteroatoms. The molecule has 0 fully saturated rings. The van der Waals surface area contributed by atoms with Crippen molar-refractivity contribution in [2.45, 2.75) is 25.2 Å². The van der Waals surface area contributed by atoms with Crippen LogP contribution in [0.25, 0.3) is 16.6 Å². The molecule has 3 aromatic heterocycles. The number of pyridine rings is 1. The molecule has 8 nitrogen and oxygen atoms in total. The Morgan fingerprint density at radius 3 is 2.76 bits per heavy atom. The van der Waals surface area contributed by atoms with Crippen LogP contribution in [0.2, 0.25) is 0 Å². The summed E-state index contributed by atoms with van der Waals surface area (Å²) < 4.78 is 47.2. The maximum Gasteiger partial charge on any atom is 0.416 e. The molecule has 33 heavy (non-hydrogen) atoms. The highest BCUT2D eigenvalue weighted by Gasteiger charge is 2.36. The van der Waals surface area contributed by atoms with Gasteiger partial charge in [0.05, 0.1) is 36.4 Å². The van der Waals surface area contributed by atoms with Crippen LogP contribution < -0.4 is 5.73 Å². The molecule has 1 unspecified atom stereocenters. The molecule has 2 atom stereocenters. The molecule has 1 aliphatic heterocycles. The number of nitrogens with zero attached hydrogens (tertiary/aromatic N) is 5. The van der Waals surface area contributed by atoms with Gasteiger partial charge in [-0.25, -0.2) is 15.0 Å². The van der Waals surface area contributed by atoms with E-state index >= 15 is 0 Å². The van der Waals surface area contributed by atoms with Crippen molar-refractivity contribution >= 4 is 28.3 Å². The van der Waals surface area contributed by atoms with Gasteiger partial charge in [0.2, 0.25) is 0 Å². The number of halogens is 3. The van der Waals surface area contributed by atoms with E-state index in [9.17, 15) is 18.0 Å². The van der Waals surface area contributed by atoms with Crippen molar-refractivity contribution in [2.75, 3.05) is 19.4 Å². The SMILES string of the molecule is CC1CO[C@@H](N(C)C(=O)c2cc3c(cn2)nc(N)c2cncn23)c2ccc(C(F)(F)F)cc21. The van der Waals surface area contributed by atoms with Gasteiger partial charge in [-0.2, -0.15) is 13.2 Å². The molecule has 1 aliphatic rings. The van der Waals surface area contributed by atoms with Crippen LogP contribution in [-0.4, -0.2) is 43.8 Å². The lowest BCUT2D eigenvalue weighted by Crippen LogP contribution is -2.37. The predicted octanol–water partition coefficient (Wildman–Crippen LogP) is 3.78. The van der Waals surface area contributed by atoms with Crippen molar-refractivity contribution in [1.29, 1.82) is 0 Å². The van der Waals surface area contributed by atoms with Gasteiger partial charge in [0.1, 0.15) is 22.5 Å². The summed E-state index contributed by atoms with van der Waals surface area (Å²) in [5.74, 6) is -0.406. The zero-order valence-electron chi connectivity index (χ0n) is 17.7. The summed E-state index contributed by atoms with van der Waals surface area (Å²) in [6, 6.07) is 5.09. The highest BCUT2D eigenvalue weighted by atomic mass is 19.4. The highest BCUT2D eigenvalue weighted by Crippen LogP contribution is 2.39. The Hall–Kier alpha value is -3.73. The molecule has 0 saturated heterocycles. The van der Waals surface area contributed by atoms with Crippen LogP contribution in [0, 0.1) is 0 Å². The van der Waals surface area contributed by atoms with Gasteiger partial charge in [-0.15, -0.1) is 0 Å². The molecule has 0 aliphatic carbocycles. The Kier molecular flexibility index (Phi) is 4.74. The number of carbonyl (C=O) groups is 1. The van der Waals surface area contributed by atoms with Gasteiger partial charge in [-0.3, -0.25) is 9.20 Å². The first-order valence-electron chi connectivity index (χ1n) is 10.1. The van der Waals surface area contributed by atoms with Gasteiger partial charge < -0.3 is 15.4 Å². The average Bonchev–Trinajstić information content (AvgIpc) is 3.29. The summed E-state index contributed by atoms with van der Waals surface area (Å²) in [6.45, 7) is 1.97. The Morgan fingerprint density at radius 1 is 1.21 bits per heavy atom. The third kappa shape index (κ3) is 3.44. The van der Waals surface area contributed by atoms with E-state index in [1.165, 1.54) is 24.2 Å². The molecule has 1 amide bonds. The second kappa shape index (κ2) is 7.41. The van der Waals surface area contributed by atoms with E-state index in [1.807, 2.05) is 0 Å². The largest absolute Gasteiger partial charge is 0.416 e. The summed E-state index contributed by atoms with van der Waals surface area (Å²) in [7, 11) is 1.53. The number of anilines is 1. The molecule has 2 N–H and O–H groups in total. The number of nitrogen functional groups attached to an aromatic ring is 1. The smallest absolute Gasteiger partial charge is 0.382 e. The molecule has 1 aromatic carbocycles. The minimum absolute atomic E-state index is 0.127. The molecule has 5 rings (SSSR count). The van der Waals surface area contributed by atoms with Crippen molar-refractivity contribution in [1.82, 2.24) is 24.3 Å². The van der Waals surface area contributed by atoms with Crippen molar-refractivity contribution in [3.05, 3.63) is 65.4 Å². The molecule has 0 saturated carbocycles. The second-order valence-electron chi connectivity index (χ2n) is 8.05. The molecule has 0 radical (unpaired) electrons. The van der Waals surface area contributed by atoms with Crippen LogP contribution in [-0.2, 0) is 10.9 Å². The summed E-state index contributed by atoms with van der Waals surface area (Å²) in [5.41, 5.74) is 8.05. The fourth-order valence-electron chi connectivity index (χ4n) is 4.12. The van der Waals surface area contributed by atoms with E-state index in [4.69, 9.17) is 10.5 Å². The summed E-state index contributed by atoms with van der Waals surface area (Å²) >= 11 is 0. The summed E-state index contributed by atoms with van der Waals surface area (Å²) in [6.07, 6.45) is -0.719. The van der Waals surface area contributed by atoms with Crippen LogP contribution in [0.5, 0.6) is 0 Å². The number of rotatable bonds is 2. The normalized spacial score (nSPS) is 18.5. The first-order chi connectivity index (χ1) is 15.6. The first kappa shape index (κ1) is 21.1. The second-order valence-corrected chi connectivity index (χ2v) is 8.05. The summed E-state index contributed by atoms with van der Waals surface area (Å²) in [4.78, 5) is 27.2. The van der Waals surface area contributed by atoms with E-state index in [-0.39, 0.29) is 24.0 Å². The maximum absolute atomic E-state index is 13.3. The number of carbonyl (C=O) groups excluding carboxylic acids is 1. The van der Waals surface area contributed by atoms with Crippen LogP contribution >= 0.6 is 0 Å². The Bertz CT molecular complexity index is 1400. The number of imidazole rings is 1. The quantitative estimate of drug-likeness (QED) is 0.493. The topological polar surface area (TPSA) is 98.6 Å². The van der Waals surface area contributed by atoms with Gasteiger partial charge in [-0.1, -0.05) is 13.0 Å². The fourth-order valence-corrected chi connectivity index (χ4v) is 4.12. The number of ether oxygens (including phenoxy) is 1. The Labute approximate surface area is 185 Å². The van der Waals surface area contributed by atoms with Gasteiger partial charge in [0, 0.05) is 18.5 Å². The minimum atomic E-state index is -4.45. The van der Waals surface area contributed by atoms with Crippen LogP contribution in [0.1, 0.15) is 46.2 Å². The van der Waals surface area contributed by atoms with Crippen LogP contribution in [0.15, 0.2) is 43.0 Å². The number of aromatic nitrogens is 4. The number of nitrogens with two attached hydrogens (primary N) is 1. The number of benzene rings is 1. The van der Waals surface area contributed by atoms with E-state index in [2.05, 4.69) is 15.0 Å². The third-order valence-corrected chi connectivity index (χ3v) is 5.87. The van der Waals surface area contributed by atoms with Crippen molar-refractivity contribution < 1.29 is 22.7 Å². The molecule has 0 bridgehead atoms. The van der Waals surface area contributed by atoms with Gasteiger partial charge in [0.15, 0.2) is 6.23 Å². The van der Waals surface area contributed by atoms with Crippen molar-refractivity contribution in [3.63, 3.8) is 0 Å². The zero-order chi connectivity index (χ0) is 23.5. The lowest BCUT2D eigenvalue weighted by molar-refractivity contribution is -0.137. The number of fused-ring (bicyclic) bond motifs is 4. The number of hydrogen-bond donors (Lipinski definition) is 1. The Balaban J connectivity index is 1.52. The van der Waals surface area contributed by atoms with Crippen LogP contribution in [0.3, 0.4) is 0 Å². The minimum Gasteiger partial charge on any atom is -0.382 e. The molecular formula is C22H19F3N6O2. The van der Waals surface area contributed by atoms with E-state index in [1.54, 1.807) is 29.9 Å². The Morgan fingerprint density at radius 2 is 2.00 bits per heavy atom. The van der Waals surface area contributed by atoms with E-state index < -0.39 is 23.9 Å².